The number of benzene rings is 2. The van der Waals surface area contributed by atoms with Crippen LogP contribution in [-0.2, 0) is 15.9 Å². The average Bonchev–Trinajstić information content (AvgIpc) is 2.74. The summed E-state index contributed by atoms with van der Waals surface area (Å²) in [5, 5.41) is 5.86. The third kappa shape index (κ3) is 7.01. The number of carbonyl (C=O) groups is 2. The Bertz CT molecular complexity index is 913. The lowest BCUT2D eigenvalue weighted by Crippen LogP contribution is -2.42. The van der Waals surface area contributed by atoms with Gasteiger partial charge in [0.15, 0.2) is 0 Å². The SMILES string of the molecule is CCc1ccc(-c2ccccc2)c(NC(=O)OC2CCC(NC(=O)OC(C)(C)C)CC2)c1. The van der Waals surface area contributed by atoms with Crippen molar-refractivity contribution >= 4 is 17.9 Å². The van der Waals surface area contributed by atoms with Crippen LogP contribution in [0.4, 0.5) is 15.3 Å². The van der Waals surface area contributed by atoms with Crippen molar-refractivity contribution in [2.75, 3.05) is 5.32 Å². The Balaban J connectivity index is 1.55. The third-order valence-corrected chi connectivity index (χ3v) is 5.48. The molecule has 0 aromatic heterocycles. The van der Waals surface area contributed by atoms with Crippen LogP contribution in [0.3, 0.4) is 0 Å². The predicted octanol–water partition coefficient (Wildman–Crippen LogP) is 6.30. The van der Waals surface area contributed by atoms with Crippen molar-refractivity contribution in [2.24, 2.45) is 0 Å². The van der Waals surface area contributed by atoms with Gasteiger partial charge >= 0.3 is 12.2 Å². The Morgan fingerprint density at radius 2 is 1.66 bits per heavy atom. The van der Waals surface area contributed by atoms with Gasteiger partial charge in [0.2, 0.25) is 0 Å². The zero-order chi connectivity index (χ0) is 23.1. The number of carbonyl (C=O) groups excluding carboxylic acids is 2. The molecule has 0 atom stereocenters. The molecule has 6 nitrogen and oxygen atoms in total. The van der Waals surface area contributed by atoms with Crippen LogP contribution >= 0.6 is 0 Å². The fourth-order valence-electron chi connectivity index (χ4n) is 3.87. The zero-order valence-corrected chi connectivity index (χ0v) is 19.4. The van der Waals surface area contributed by atoms with Crippen molar-refractivity contribution in [2.45, 2.75) is 77.5 Å². The maximum atomic E-state index is 12.7. The number of ether oxygens (including phenoxy) is 2. The van der Waals surface area contributed by atoms with Crippen LogP contribution in [0.2, 0.25) is 0 Å². The fraction of sp³-hybridized carbons (Fsp3) is 0.462. The van der Waals surface area contributed by atoms with Crippen LogP contribution in [0, 0.1) is 0 Å². The van der Waals surface area contributed by atoms with E-state index in [1.54, 1.807) is 0 Å². The first-order chi connectivity index (χ1) is 15.2. The molecule has 32 heavy (non-hydrogen) atoms. The van der Waals surface area contributed by atoms with Crippen molar-refractivity contribution in [3.05, 3.63) is 54.1 Å². The molecule has 0 unspecified atom stereocenters. The highest BCUT2D eigenvalue weighted by Crippen LogP contribution is 2.30. The molecular weight excluding hydrogens is 404 g/mol. The van der Waals surface area contributed by atoms with Gasteiger partial charge in [-0.3, -0.25) is 5.32 Å². The van der Waals surface area contributed by atoms with Crippen LogP contribution in [-0.4, -0.2) is 29.9 Å². The van der Waals surface area contributed by atoms with Gasteiger partial charge in [-0.1, -0.05) is 49.4 Å². The average molecular weight is 439 g/mol. The number of anilines is 1. The van der Waals surface area contributed by atoms with Crippen molar-refractivity contribution in [1.82, 2.24) is 5.32 Å². The van der Waals surface area contributed by atoms with E-state index in [0.29, 0.717) is 12.8 Å². The first kappa shape index (κ1) is 23.6. The van der Waals surface area contributed by atoms with Crippen molar-refractivity contribution in [3.8, 4) is 11.1 Å². The van der Waals surface area contributed by atoms with Gasteiger partial charge in [-0.05, 0) is 70.1 Å². The van der Waals surface area contributed by atoms with Gasteiger partial charge in [0, 0.05) is 11.6 Å². The number of alkyl carbamates (subject to hydrolysis) is 1. The van der Waals surface area contributed by atoms with Gasteiger partial charge in [0.05, 0.1) is 5.69 Å². The van der Waals surface area contributed by atoms with Crippen molar-refractivity contribution < 1.29 is 19.1 Å². The molecule has 1 fully saturated rings. The highest BCUT2D eigenvalue weighted by molar-refractivity contribution is 5.91. The largest absolute Gasteiger partial charge is 0.446 e. The van der Waals surface area contributed by atoms with Gasteiger partial charge < -0.3 is 14.8 Å². The normalized spacial score (nSPS) is 18.5. The molecule has 2 amide bonds. The van der Waals surface area contributed by atoms with E-state index in [9.17, 15) is 9.59 Å². The molecule has 1 aliphatic carbocycles. The molecule has 0 aliphatic heterocycles. The minimum Gasteiger partial charge on any atom is -0.446 e. The molecule has 0 radical (unpaired) electrons. The lowest BCUT2D eigenvalue weighted by atomic mass is 9.93. The van der Waals surface area contributed by atoms with Crippen LogP contribution in [0.1, 0.15) is 58.9 Å². The van der Waals surface area contributed by atoms with E-state index < -0.39 is 17.8 Å². The molecule has 6 heteroatoms. The molecule has 1 saturated carbocycles. The Hall–Kier alpha value is -3.02. The summed E-state index contributed by atoms with van der Waals surface area (Å²) in [4.78, 5) is 24.6. The molecule has 0 bridgehead atoms. The summed E-state index contributed by atoms with van der Waals surface area (Å²) in [6, 6.07) is 16.1. The lowest BCUT2D eigenvalue weighted by Gasteiger charge is -2.30. The molecular formula is C26H34N2O4. The maximum Gasteiger partial charge on any atom is 0.411 e. The van der Waals surface area contributed by atoms with Crippen molar-refractivity contribution in [1.29, 1.82) is 0 Å². The van der Waals surface area contributed by atoms with E-state index in [1.165, 1.54) is 0 Å². The van der Waals surface area contributed by atoms with Crippen LogP contribution < -0.4 is 10.6 Å². The molecule has 3 rings (SSSR count). The van der Waals surface area contributed by atoms with Gasteiger partial charge in [-0.25, -0.2) is 9.59 Å². The first-order valence-electron chi connectivity index (χ1n) is 11.4. The molecule has 0 heterocycles. The fourth-order valence-corrected chi connectivity index (χ4v) is 3.87. The van der Waals surface area contributed by atoms with E-state index in [4.69, 9.17) is 9.47 Å². The van der Waals surface area contributed by atoms with E-state index in [0.717, 1.165) is 41.6 Å². The molecule has 2 aromatic rings. The predicted molar refractivity (Wildman–Crippen MR) is 127 cm³/mol. The minimum atomic E-state index is -0.518. The second-order valence-corrected chi connectivity index (χ2v) is 9.25. The van der Waals surface area contributed by atoms with Crippen LogP contribution in [0.5, 0.6) is 0 Å². The van der Waals surface area contributed by atoms with Crippen LogP contribution in [0.15, 0.2) is 48.5 Å². The summed E-state index contributed by atoms with van der Waals surface area (Å²) < 4.78 is 11.0. The van der Waals surface area contributed by atoms with Crippen molar-refractivity contribution in [3.63, 3.8) is 0 Å². The number of rotatable bonds is 5. The Labute approximate surface area is 190 Å². The van der Waals surface area contributed by atoms with E-state index in [2.05, 4.69) is 23.6 Å². The molecule has 172 valence electrons. The Kier molecular flexibility index (Phi) is 7.78. The number of hydrogen-bond acceptors (Lipinski definition) is 4. The smallest absolute Gasteiger partial charge is 0.411 e. The zero-order valence-electron chi connectivity index (χ0n) is 19.4. The molecule has 1 aliphatic rings. The Morgan fingerprint density at radius 3 is 2.28 bits per heavy atom. The quantitative estimate of drug-likeness (QED) is 0.574. The number of hydrogen-bond donors (Lipinski definition) is 2. The van der Waals surface area contributed by atoms with Gasteiger partial charge in [-0.15, -0.1) is 0 Å². The first-order valence-corrected chi connectivity index (χ1v) is 11.4. The topological polar surface area (TPSA) is 76.7 Å². The Morgan fingerprint density at radius 1 is 0.969 bits per heavy atom. The summed E-state index contributed by atoms with van der Waals surface area (Å²) in [5.74, 6) is 0. The summed E-state index contributed by atoms with van der Waals surface area (Å²) in [6.07, 6.45) is 2.77. The standard InChI is InChI=1S/C26H34N2O4/c1-5-18-11-16-22(19-9-7-6-8-10-19)23(17-18)28-24(29)31-21-14-12-20(13-15-21)27-25(30)32-26(2,3)4/h6-11,16-17,20-21H,5,12-15H2,1-4H3,(H,27,30)(H,28,29). The number of nitrogens with one attached hydrogen (secondary N) is 2. The number of aryl methyl sites for hydroxylation is 1. The summed E-state index contributed by atoms with van der Waals surface area (Å²) in [7, 11) is 0. The summed E-state index contributed by atoms with van der Waals surface area (Å²) in [5.41, 5.74) is 3.38. The second-order valence-electron chi connectivity index (χ2n) is 9.25. The molecule has 0 spiro atoms. The monoisotopic (exact) mass is 438 g/mol. The van der Waals surface area contributed by atoms with Crippen LogP contribution in [0.25, 0.3) is 11.1 Å². The van der Waals surface area contributed by atoms with E-state index >= 15 is 0 Å². The summed E-state index contributed by atoms with van der Waals surface area (Å²) in [6.45, 7) is 7.61. The van der Waals surface area contributed by atoms with Gasteiger partial charge in [0.1, 0.15) is 11.7 Å². The highest BCUT2D eigenvalue weighted by atomic mass is 16.6. The highest BCUT2D eigenvalue weighted by Gasteiger charge is 2.27. The summed E-state index contributed by atoms with van der Waals surface area (Å²) >= 11 is 0. The van der Waals surface area contributed by atoms with E-state index in [1.807, 2.05) is 63.2 Å². The van der Waals surface area contributed by atoms with Gasteiger partial charge in [0.25, 0.3) is 0 Å². The minimum absolute atomic E-state index is 0.0404. The molecule has 0 saturated heterocycles. The third-order valence-electron chi connectivity index (χ3n) is 5.48. The second kappa shape index (κ2) is 10.5. The molecule has 2 N–H and O–H groups in total. The van der Waals surface area contributed by atoms with E-state index in [-0.39, 0.29) is 12.1 Å². The van der Waals surface area contributed by atoms with Gasteiger partial charge in [-0.2, -0.15) is 0 Å². The number of amides is 2. The maximum absolute atomic E-state index is 12.7. The lowest BCUT2D eigenvalue weighted by molar-refractivity contribution is 0.0440. The molecule has 2 aromatic carbocycles.